The van der Waals surface area contributed by atoms with Gasteiger partial charge in [-0.15, -0.1) is 0 Å². The van der Waals surface area contributed by atoms with Crippen molar-refractivity contribution in [2.24, 2.45) is 23.0 Å². The van der Waals surface area contributed by atoms with Crippen LogP contribution in [0.5, 0.6) is 0 Å². The SMILES string of the molecule is CC(C)CC(C(=O)N[C@H](C(N)=O)C(C)(C)C)C(O)C(=O)NO. The third-order valence-electron chi connectivity index (χ3n) is 3.26. The average molecular weight is 317 g/mol. The molecule has 8 nitrogen and oxygen atoms in total. The van der Waals surface area contributed by atoms with Crippen molar-refractivity contribution in [2.75, 3.05) is 0 Å². The van der Waals surface area contributed by atoms with Crippen LogP contribution in [0, 0.1) is 17.3 Å². The highest BCUT2D eigenvalue weighted by molar-refractivity contribution is 5.92. The first-order chi connectivity index (χ1) is 9.91. The fraction of sp³-hybridized carbons (Fsp3) is 0.786. The Balaban J connectivity index is 5.27. The number of nitrogens with one attached hydrogen (secondary N) is 2. The summed E-state index contributed by atoms with van der Waals surface area (Å²) in [5.74, 6) is -3.53. The Morgan fingerprint density at radius 3 is 1.95 bits per heavy atom. The van der Waals surface area contributed by atoms with E-state index in [-0.39, 0.29) is 12.3 Å². The minimum Gasteiger partial charge on any atom is -0.382 e. The number of hydrogen-bond acceptors (Lipinski definition) is 5. The fourth-order valence-electron chi connectivity index (χ4n) is 2.10. The van der Waals surface area contributed by atoms with Crippen LogP contribution in [-0.2, 0) is 14.4 Å². The smallest absolute Gasteiger partial charge is 0.272 e. The van der Waals surface area contributed by atoms with Gasteiger partial charge in [-0.3, -0.25) is 19.6 Å². The summed E-state index contributed by atoms with van der Waals surface area (Å²) in [6.07, 6.45) is -1.52. The van der Waals surface area contributed by atoms with E-state index in [9.17, 15) is 19.5 Å². The fourth-order valence-corrected chi connectivity index (χ4v) is 2.10. The minimum absolute atomic E-state index is 0.0126. The zero-order chi connectivity index (χ0) is 17.7. The van der Waals surface area contributed by atoms with Crippen LogP contribution in [0.25, 0.3) is 0 Å². The van der Waals surface area contributed by atoms with Gasteiger partial charge >= 0.3 is 0 Å². The highest BCUT2D eigenvalue weighted by atomic mass is 16.5. The molecule has 0 radical (unpaired) electrons. The largest absolute Gasteiger partial charge is 0.382 e. The highest BCUT2D eigenvalue weighted by Gasteiger charge is 2.37. The van der Waals surface area contributed by atoms with Gasteiger partial charge < -0.3 is 16.2 Å². The Morgan fingerprint density at radius 2 is 1.64 bits per heavy atom. The lowest BCUT2D eigenvalue weighted by Crippen LogP contribution is -2.55. The molecule has 0 rings (SSSR count). The first kappa shape index (κ1) is 20.3. The number of rotatable bonds is 7. The lowest BCUT2D eigenvalue weighted by molar-refractivity contribution is -0.147. The molecule has 0 aromatic rings. The zero-order valence-electron chi connectivity index (χ0n) is 13.7. The predicted molar refractivity (Wildman–Crippen MR) is 79.5 cm³/mol. The third kappa shape index (κ3) is 5.98. The molecule has 0 aliphatic heterocycles. The standard InChI is InChI=1S/C14H27N3O5/c1-7(2)6-8(9(18)13(21)17-22)12(20)16-10(11(15)19)14(3,4)5/h7-10,18,22H,6H2,1-5H3,(H2,15,19)(H,16,20)(H,17,21)/t8?,9?,10-/m1/s1. The first-order valence-electron chi connectivity index (χ1n) is 7.13. The molecule has 0 heterocycles. The van der Waals surface area contributed by atoms with Crippen molar-refractivity contribution in [3.05, 3.63) is 0 Å². The maximum Gasteiger partial charge on any atom is 0.272 e. The van der Waals surface area contributed by atoms with Crippen molar-refractivity contribution >= 4 is 17.7 Å². The van der Waals surface area contributed by atoms with Gasteiger partial charge in [0.25, 0.3) is 5.91 Å². The first-order valence-corrected chi connectivity index (χ1v) is 7.13. The van der Waals surface area contributed by atoms with E-state index in [1.165, 1.54) is 5.48 Å². The van der Waals surface area contributed by atoms with Gasteiger partial charge in [0.05, 0.1) is 5.92 Å². The summed E-state index contributed by atoms with van der Waals surface area (Å²) in [5, 5.41) is 21.0. The number of primary amides is 1. The molecule has 0 fully saturated rings. The molecule has 0 aliphatic rings. The second-order valence-corrected chi connectivity index (χ2v) is 6.87. The van der Waals surface area contributed by atoms with Crippen molar-refractivity contribution in [1.29, 1.82) is 0 Å². The Labute approximate surface area is 130 Å². The van der Waals surface area contributed by atoms with Crippen LogP contribution in [0.2, 0.25) is 0 Å². The second-order valence-electron chi connectivity index (χ2n) is 6.87. The molecule has 0 bridgehead atoms. The van der Waals surface area contributed by atoms with Gasteiger partial charge in [0.2, 0.25) is 11.8 Å². The molecule has 3 atom stereocenters. The number of amides is 3. The molecular weight excluding hydrogens is 290 g/mol. The number of carbonyl (C=O) groups excluding carboxylic acids is 3. The Kier molecular flexibility index (Phi) is 7.48. The van der Waals surface area contributed by atoms with Gasteiger partial charge in [-0.05, 0) is 17.8 Å². The van der Waals surface area contributed by atoms with Gasteiger partial charge in [-0.2, -0.15) is 0 Å². The summed E-state index contributed by atoms with van der Waals surface area (Å²) in [5.41, 5.74) is 6.00. The lowest BCUT2D eigenvalue weighted by atomic mass is 9.84. The maximum atomic E-state index is 12.4. The van der Waals surface area contributed by atoms with Crippen LogP contribution in [0.4, 0.5) is 0 Å². The van der Waals surface area contributed by atoms with E-state index in [1.807, 2.05) is 13.8 Å². The van der Waals surface area contributed by atoms with Crippen LogP contribution in [0.1, 0.15) is 41.0 Å². The molecule has 3 amide bonds. The summed E-state index contributed by atoms with van der Waals surface area (Å²) in [4.78, 5) is 35.2. The topological polar surface area (TPSA) is 142 Å². The van der Waals surface area contributed by atoms with Gasteiger partial charge in [-0.1, -0.05) is 34.6 Å². The summed E-state index contributed by atoms with van der Waals surface area (Å²) in [6.45, 7) is 8.84. The molecule has 0 spiro atoms. The number of hydroxylamine groups is 1. The summed E-state index contributed by atoms with van der Waals surface area (Å²) < 4.78 is 0. The van der Waals surface area contributed by atoms with E-state index < -0.39 is 41.2 Å². The number of carbonyl (C=O) groups is 3. The molecule has 0 saturated heterocycles. The normalized spacial score (nSPS) is 15.8. The third-order valence-corrected chi connectivity index (χ3v) is 3.26. The van der Waals surface area contributed by atoms with Crippen LogP contribution in [-0.4, -0.2) is 40.2 Å². The Bertz CT molecular complexity index is 417. The molecule has 0 aromatic heterocycles. The number of hydrogen-bond donors (Lipinski definition) is 5. The molecule has 6 N–H and O–H groups in total. The number of aliphatic hydroxyl groups is 1. The minimum atomic E-state index is -1.72. The van der Waals surface area contributed by atoms with E-state index in [0.717, 1.165) is 0 Å². The van der Waals surface area contributed by atoms with E-state index in [1.54, 1.807) is 20.8 Å². The highest BCUT2D eigenvalue weighted by Crippen LogP contribution is 2.22. The van der Waals surface area contributed by atoms with Gasteiger partial charge in [0, 0.05) is 0 Å². The van der Waals surface area contributed by atoms with Gasteiger partial charge in [0.1, 0.15) is 12.1 Å². The van der Waals surface area contributed by atoms with Crippen molar-refractivity contribution in [2.45, 2.75) is 53.2 Å². The summed E-state index contributed by atoms with van der Waals surface area (Å²) in [7, 11) is 0. The van der Waals surface area contributed by atoms with E-state index in [4.69, 9.17) is 10.9 Å². The second kappa shape index (κ2) is 8.09. The van der Waals surface area contributed by atoms with Crippen LogP contribution in [0.3, 0.4) is 0 Å². The van der Waals surface area contributed by atoms with Crippen LogP contribution in [0.15, 0.2) is 0 Å². The summed E-state index contributed by atoms with van der Waals surface area (Å²) >= 11 is 0. The zero-order valence-corrected chi connectivity index (χ0v) is 13.7. The van der Waals surface area contributed by atoms with E-state index in [0.29, 0.717) is 0 Å². The van der Waals surface area contributed by atoms with Crippen LogP contribution < -0.4 is 16.5 Å². The molecular formula is C14H27N3O5. The van der Waals surface area contributed by atoms with E-state index in [2.05, 4.69) is 5.32 Å². The quantitative estimate of drug-likeness (QED) is 0.319. The van der Waals surface area contributed by atoms with Crippen molar-refractivity contribution in [3.63, 3.8) is 0 Å². The lowest BCUT2D eigenvalue weighted by Gasteiger charge is -2.31. The summed E-state index contributed by atoms with van der Waals surface area (Å²) in [6, 6.07) is -0.945. The Hall–Kier alpha value is -1.67. The van der Waals surface area contributed by atoms with Crippen molar-refractivity contribution in [3.8, 4) is 0 Å². The molecule has 0 aromatic carbocycles. The average Bonchev–Trinajstić information content (AvgIpc) is 2.38. The molecule has 22 heavy (non-hydrogen) atoms. The van der Waals surface area contributed by atoms with Crippen molar-refractivity contribution < 1.29 is 24.7 Å². The Morgan fingerprint density at radius 1 is 1.14 bits per heavy atom. The molecule has 0 aliphatic carbocycles. The molecule has 0 saturated carbocycles. The number of nitrogens with two attached hydrogens (primary N) is 1. The van der Waals surface area contributed by atoms with E-state index >= 15 is 0 Å². The van der Waals surface area contributed by atoms with Gasteiger partial charge in [-0.25, -0.2) is 5.48 Å². The van der Waals surface area contributed by atoms with Crippen LogP contribution >= 0.6 is 0 Å². The maximum absolute atomic E-state index is 12.4. The number of aliphatic hydroxyl groups excluding tert-OH is 1. The molecule has 128 valence electrons. The van der Waals surface area contributed by atoms with Crippen molar-refractivity contribution in [1.82, 2.24) is 10.8 Å². The molecule has 8 heteroatoms. The molecule has 2 unspecified atom stereocenters. The predicted octanol–water partition coefficient (Wildman–Crippen LogP) is -0.469. The van der Waals surface area contributed by atoms with Gasteiger partial charge in [0.15, 0.2) is 0 Å². The monoisotopic (exact) mass is 317 g/mol.